The molecular formula is C19H20ClFN4O. The highest BCUT2D eigenvalue weighted by Crippen LogP contribution is 2.29. The summed E-state index contributed by atoms with van der Waals surface area (Å²) in [6.45, 7) is 2.26. The van der Waals surface area contributed by atoms with Crippen LogP contribution in [-0.2, 0) is 0 Å². The molecule has 0 spiro atoms. The summed E-state index contributed by atoms with van der Waals surface area (Å²) in [5, 5.41) is 3.50. The second-order valence-electron chi connectivity index (χ2n) is 6.41. The van der Waals surface area contributed by atoms with E-state index in [-0.39, 0.29) is 17.4 Å². The normalized spacial score (nSPS) is 12.5. The van der Waals surface area contributed by atoms with Gasteiger partial charge in [0.1, 0.15) is 17.3 Å². The summed E-state index contributed by atoms with van der Waals surface area (Å²) in [4.78, 5) is 18.6. The first-order valence-electron chi connectivity index (χ1n) is 8.21. The largest absolute Gasteiger partial charge is 0.368 e. The van der Waals surface area contributed by atoms with Crippen LogP contribution in [-0.4, -0.2) is 34.9 Å². The van der Waals surface area contributed by atoms with E-state index in [1.807, 2.05) is 32.0 Å². The van der Waals surface area contributed by atoms with Gasteiger partial charge < -0.3 is 10.2 Å². The number of hydrogen-bond acceptors (Lipinski definition) is 4. The fourth-order valence-corrected chi connectivity index (χ4v) is 3.16. The van der Waals surface area contributed by atoms with Crippen LogP contribution in [0.15, 0.2) is 47.4 Å². The summed E-state index contributed by atoms with van der Waals surface area (Å²) in [6.07, 6.45) is 1.75. The van der Waals surface area contributed by atoms with E-state index in [4.69, 9.17) is 11.6 Å². The van der Waals surface area contributed by atoms with E-state index in [2.05, 4.69) is 10.3 Å². The zero-order valence-electron chi connectivity index (χ0n) is 14.8. The highest BCUT2D eigenvalue weighted by Gasteiger charge is 2.21. The first-order valence-corrected chi connectivity index (χ1v) is 8.59. The van der Waals surface area contributed by atoms with E-state index in [0.717, 1.165) is 5.56 Å². The predicted octanol–water partition coefficient (Wildman–Crippen LogP) is 3.51. The lowest BCUT2D eigenvalue weighted by atomic mass is 10.1. The molecule has 0 bridgehead atoms. The number of halogens is 2. The fraction of sp³-hybridized carbons (Fsp3) is 0.263. The molecule has 0 fully saturated rings. The summed E-state index contributed by atoms with van der Waals surface area (Å²) in [7, 11) is 3.70. The maximum atomic E-state index is 14.3. The molecule has 3 aromatic rings. The summed E-state index contributed by atoms with van der Waals surface area (Å²) in [5.74, 6) is 0.0816. The number of aromatic nitrogens is 2. The van der Waals surface area contributed by atoms with Crippen LogP contribution in [0.3, 0.4) is 0 Å². The van der Waals surface area contributed by atoms with Crippen LogP contribution in [0.4, 0.5) is 10.2 Å². The van der Waals surface area contributed by atoms with Crippen molar-refractivity contribution in [1.29, 1.82) is 0 Å². The number of benzene rings is 1. The van der Waals surface area contributed by atoms with Crippen LogP contribution < -0.4 is 10.9 Å². The van der Waals surface area contributed by atoms with Crippen LogP contribution in [0.1, 0.15) is 17.2 Å². The quantitative estimate of drug-likeness (QED) is 0.742. The molecule has 1 atom stereocenters. The molecule has 3 rings (SSSR count). The third kappa shape index (κ3) is 3.71. The van der Waals surface area contributed by atoms with E-state index in [1.54, 1.807) is 24.4 Å². The van der Waals surface area contributed by atoms with Gasteiger partial charge >= 0.3 is 0 Å². The standard InChI is InChI=1S/C19H20ClFN4O/c1-12-7-8-17-23-16(9-18(26)25(17)11-12)22-10-15(24(2)3)19-13(20)5-4-6-14(19)21/h4-9,11,15,22H,10H2,1-3H3/t15-/m1/s1. The number of fused-ring (bicyclic) bond motifs is 1. The molecule has 136 valence electrons. The Morgan fingerprint density at radius 3 is 2.77 bits per heavy atom. The number of nitrogens with zero attached hydrogens (tertiary/aromatic N) is 3. The molecule has 0 aliphatic rings. The molecule has 0 radical (unpaired) electrons. The van der Waals surface area contributed by atoms with Crippen molar-refractivity contribution in [3.05, 3.63) is 74.9 Å². The van der Waals surface area contributed by atoms with Crippen molar-refractivity contribution in [3.8, 4) is 0 Å². The Balaban J connectivity index is 1.90. The molecule has 1 aromatic carbocycles. The van der Waals surface area contributed by atoms with Gasteiger partial charge in [0.25, 0.3) is 5.56 Å². The monoisotopic (exact) mass is 374 g/mol. The minimum atomic E-state index is -0.361. The van der Waals surface area contributed by atoms with Crippen LogP contribution in [0.5, 0.6) is 0 Å². The van der Waals surface area contributed by atoms with Crippen LogP contribution in [0.25, 0.3) is 5.65 Å². The number of hydrogen-bond donors (Lipinski definition) is 1. The average Bonchev–Trinajstić information content (AvgIpc) is 2.58. The lowest BCUT2D eigenvalue weighted by Gasteiger charge is -2.26. The number of pyridine rings is 1. The molecule has 0 amide bonds. The molecule has 2 aromatic heterocycles. The van der Waals surface area contributed by atoms with Gasteiger partial charge in [-0.2, -0.15) is 0 Å². The predicted molar refractivity (Wildman–Crippen MR) is 103 cm³/mol. The van der Waals surface area contributed by atoms with E-state index >= 15 is 0 Å². The zero-order valence-corrected chi connectivity index (χ0v) is 15.6. The highest BCUT2D eigenvalue weighted by molar-refractivity contribution is 6.31. The number of likely N-dealkylation sites (N-methyl/N-ethyl adjacent to an activating group) is 1. The Kier molecular flexibility index (Phi) is 5.25. The minimum Gasteiger partial charge on any atom is -0.368 e. The van der Waals surface area contributed by atoms with E-state index in [0.29, 0.717) is 28.6 Å². The SMILES string of the molecule is Cc1ccc2nc(NC[C@H](c3c(F)cccc3Cl)N(C)C)cc(=O)n2c1. The molecule has 0 saturated heterocycles. The Hall–Kier alpha value is -2.44. The van der Waals surface area contributed by atoms with Crippen molar-refractivity contribution in [2.75, 3.05) is 26.0 Å². The van der Waals surface area contributed by atoms with Gasteiger partial charge in [0.15, 0.2) is 0 Å². The Labute approximate surface area is 156 Å². The minimum absolute atomic E-state index is 0.175. The van der Waals surface area contributed by atoms with Gasteiger partial charge in [0.2, 0.25) is 0 Å². The molecule has 2 heterocycles. The Morgan fingerprint density at radius 1 is 1.31 bits per heavy atom. The Morgan fingerprint density at radius 2 is 2.08 bits per heavy atom. The van der Waals surface area contributed by atoms with Gasteiger partial charge in [-0.15, -0.1) is 0 Å². The van der Waals surface area contributed by atoms with Gasteiger partial charge in [-0.1, -0.05) is 23.7 Å². The van der Waals surface area contributed by atoms with Gasteiger partial charge in [-0.25, -0.2) is 9.37 Å². The smallest absolute Gasteiger partial charge is 0.259 e. The molecule has 26 heavy (non-hydrogen) atoms. The van der Waals surface area contributed by atoms with Gasteiger partial charge in [0, 0.05) is 29.4 Å². The second kappa shape index (κ2) is 7.43. The van der Waals surface area contributed by atoms with Gasteiger partial charge in [0.05, 0.1) is 6.04 Å². The molecule has 0 aliphatic carbocycles. The number of anilines is 1. The lowest BCUT2D eigenvalue weighted by Crippen LogP contribution is -2.28. The van der Waals surface area contributed by atoms with Crippen molar-refractivity contribution in [3.63, 3.8) is 0 Å². The number of rotatable bonds is 5. The molecule has 0 aliphatic heterocycles. The molecule has 5 nitrogen and oxygen atoms in total. The summed E-state index contributed by atoms with van der Waals surface area (Å²) in [5.41, 5.74) is 1.77. The third-order valence-electron chi connectivity index (χ3n) is 4.24. The maximum absolute atomic E-state index is 14.3. The van der Waals surface area contributed by atoms with Gasteiger partial charge in [-0.05, 0) is 44.8 Å². The van der Waals surface area contributed by atoms with E-state index in [1.165, 1.54) is 16.5 Å². The van der Waals surface area contributed by atoms with Crippen molar-refractivity contribution in [2.24, 2.45) is 0 Å². The van der Waals surface area contributed by atoms with Gasteiger partial charge in [-0.3, -0.25) is 9.20 Å². The van der Waals surface area contributed by atoms with Crippen LogP contribution in [0.2, 0.25) is 5.02 Å². The summed E-state index contributed by atoms with van der Waals surface area (Å²) < 4.78 is 15.8. The van der Waals surface area contributed by atoms with E-state index < -0.39 is 0 Å². The van der Waals surface area contributed by atoms with Crippen LogP contribution in [0, 0.1) is 12.7 Å². The Bertz CT molecular complexity index is 982. The maximum Gasteiger partial charge on any atom is 0.259 e. The first-order chi connectivity index (χ1) is 12.4. The molecule has 0 unspecified atom stereocenters. The van der Waals surface area contributed by atoms with Crippen LogP contribution >= 0.6 is 11.6 Å². The summed E-state index contributed by atoms with van der Waals surface area (Å²) in [6, 6.07) is 9.44. The highest BCUT2D eigenvalue weighted by atomic mass is 35.5. The molecule has 7 heteroatoms. The van der Waals surface area contributed by atoms with Crippen molar-refractivity contribution in [2.45, 2.75) is 13.0 Å². The van der Waals surface area contributed by atoms with Crippen molar-refractivity contribution in [1.82, 2.24) is 14.3 Å². The topological polar surface area (TPSA) is 49.6 Å². The molecule has 1 N–H and O–H groups in total. The lowest BCUT2D eigenvalue weighted by molar-refractivity contribution is 0.304. The third-order valence-corrected chi connectivity index (χ3v) is 4.57. The fourth-order valence-electron chi connectivity index (χ4n) is 2.87. The number of nitrogens with one attached hydrogen (secondary N) is 1. The van der Waals surface area contributed by atoms with Crippen molar-refractivity contribution >= 4 is 23.1 Å². The molecule has 0 saturated carbocycles. The van der Waals surface area contributed by atoms with Crippen molar-refractivity contribution < 1.29 is 4.39 Å². The average molecular weight is 375 g/mol. The first kappa shape index (κ1) is 18.4. The zero-order chi connectivity index (χ0) is 18.8. The second-order valence-corrected chi connectivity index (χ2v) is 6.82. The number of aryl methyl sites for hydroxylation is 1. The van der Waals surface area contributed by atoms with E-state index in [9.17, 15) is 9.18 Å². The molecular weight excluding hydrogens is 355 g/mol. The summed E-state index contributed by atoms with van der Waals surface area (Å²) >= 11 is 6.20.